The lowest BCUT2D eigenvalue weighted by molar-refractivity contribution is -0.137. The molecule has 0 aliphatic heterocycles. The largest absolute Gasteiger partial charge is 0.480 e. The highest BCUT2D eigenvalue weighted by Crippen LogP contribution is 2.31. The fourth-order valence-corrected chi connectivity index (χ4v) is 3.87. The molecule has 3 aromatic heterocycles. The van der Waals surface area contributed by atoms with Gasteiger partial charge in [0, 0.05) is 29.3 Å². The zero-order chi connectivity index (χ0) is 19.5. The molecule has 0 saturated carbocycles. The van der Waals surface area contributed by atoms with E-state index in [0.29, 0.717) is 18.1 Å². The van der Waals surface area contributed by atoms with Gasteiger partial charge in [-0.15, -0.1) is 11.3 Å². The van der Waals surface area contributed by atoms with Gasteiger partial charge in [0.2, 0.25) is 0 Å². The third-order valence-electron chi connectivity index (χ3n) is 4.33. The van der Waals surface area contributed by atoms with Crippen molar-refractivity contribution in [3.63, 3.8) is 0 Å². The summed E-state index contributed by atoms with van der Waals surface area (Å²) in [6.07, 6.45) is 3.74. The summed E-state index contributed by atoms with van der Waals surface area (Å²) in [7, 11) is 0. The monoisotopic (exact) mass is 390 g/mol. The predicted octanol–water partition coefficient (Wildman–Crippen LogP) is 4.17. The van der Waals surface area contributed by atoms with Gasteiger partial charge in [-0.2, -0.15) is 0 Å². The molecule has 0 saturated heterocycles. The summed E-state index contributed by atoms with van der Waals surface area (Å²) in [4.78, 5) is 27.2. The number of thiophene rings is 1. The van der Waals surface area contributed by atoms with Gasteiger partial charge in [-0.1, -0.05) is 30.3 Å². The molecule has 0 bridgehead atoms. The Kier molecular flexibility index (Phi) is 4.99. The van der Waals surface area contributed by atoms with Crippen molar-refractivity contribution in [1.82, 2.24) is 15.0 Å². The molecule has 4 rings (SSSR count). The van der Waals surface area contributed by atoms with Gasteiger partial charge < -0.3 is 10.4 Å². The zero-order valence-corrected chi connectivity index (χ0v) is 16.0. The molecule has 0 aliphatic carbocycles. The number of aromatic nitrogens is 3. The van der Waals surface area contributed by atoms with Crippen LogP contribution in [0, 0.1) is 6.92 Å². The van der Waals surface area contributed by atoms with Crippen molar-refractivity contribution in [2.75, 3.05) is 5.32 Å². The van der Waals surface area contributed by atoms with Crippen LogP contribution in [0.25, 0.3) is 21.6 Å². The molecule has 4 aromatic rings. The number of rotatable bonds is 6. The molecular formula is C21H18N4O2S. The average Bonchev–Trinajstić information content (AvgIpc) is 3.09. The summed E-state index contributed by atoms with van der Waals surface area (Å²) in [6, 6.07) is 14.4. The molecule has 28 heavy (non-hydrogen) atoms. The first-order valence-electron chi connectivity index (χ1n) is 8.82. The Morgan fingerprint density at radius 1 is 1.18 bits per heavy atom. The van der Waals surface area contributed by atoms with Gasteiger partial charge in [-0.25, -0.2) is 14.8 Å². The van der Waals surface area contributed by atoms with Gasteiger partial charge >= 0.3 is 5.97 Å². The van der Waals surface area contributed by atoms with Crippen molar-refractivity contribution in [2.45, 2.75) is 19.4 Å². The molecule has 1 aromatic carbocycles. The fourth-order valence-electron chi connectivity index (χ4n) is 2.99. The van der Waals surface area contributed by atoms with Crippen LogP contribution in [-0.2, 0) is 11.2 Å². The Labute approximate surface area is 165 Å². The molecular weight excluding hydrogens is 372 g/mol. The van der Waals surface area contributed by atoms with Gasteiger partial charge in [-0.3, -0.25) is 4.98 Å². The van der Waals surface area contributed by atoms with E-state index in [1.807, 2.05) is 55.5 Å². The molecule has 0 spiro atoms. The van der Waals surface area contributed by atoms with Crippen LogP contribution in [0.5, 0.6) is 0 Å². The minimum atomic E-state index is -0.925. The summed E-state index contributed by atoms with van der Waals surface area (Å²) in [5, 5.41) is 13.7. The van der Waals surface area contributed by atoms with E-state index in [9.17, 15) is 9.90 Å². The lowest BCUT2D eigenvalue weighted by Crippen LogP contribution is -2.32. The number of nitrogens with one attached hydrogen (secondary N) is 1. The number of pyridine rings is 1. The maximum atomic E-state index is 11.9. The van der Waals surface area contributed by atoms with E-state index in [4.69, 9.17) is 0 Å². The highest BCUT2D eigenvalue weighted by Gasteiger charge is 2.21. The number of aliphatic carboxylic acids is 1. The summed E-state index contributed by atoms with van der Waals surface area (Å²) < 4.78 is 0. The zero-order valence-electron chi connectivity index (χ0n) is 15.2. The van der Waals surface area contributed by atoms with Crippen LogP contribution in [0.4, 0.5) is 5.82 Å². The number of fused-ring (bicyclic) bond motifs is 1. The van der Waals surface area contributed by atoms with Crippen molar-refractivity contribution in [3.05, 3.63) is 71.4 Å². The summed E-state index contributed by atoms with van der Waals surface area (Å²) >= 11 is 1.56. The third kappa shape index (κ3) is 3.84. The Bertz CT molecular complexity index is 1110. The van der Waals surface area contributed by atoms with E-state index in [1.165, 1.54) is 0 Å². The number of carboxylic acids is 1. The number of hydrogen-bond donors (Lipinski definition) is 2. The Balaban J connectivity index is 1.74. The van der Waals surface area contributed by atoms with Crippen molar-refractivity contribution in [2.24, 2.45) is 0 Å². The number of aryl methyl sites for hydroxylation is 1. The molecule has 0 fully saturated rings. The van der Waals surface area contributed by atoms with E-state index in [-0.39, 0.29) is 0 Å². The number of benzene rings is 1. The molecule has 1 atom stereocenters. The number of nitrogens with zero attached hydrogens (tertiary/aromatic N) is 3. The van der Waals surface area contributed by atoms with Crippen LogP contribution in [0.2, 0.25) is 0 Å². The second kappa shape index (κ2) is 7.74. The molecule has 7 heteroatoms. The van der Waals surface area contributed by atoms with Crippen LogP contribution in [0.15, 0.2) is 60.9 Å². The van der Waals surface area contributed by atoms with Crippen LogP contribution >= 0.6 is 11.3 Å². The maximum Gasteiger partial charge on any atom is 0.326 e. The third-order valence-corrected chi connectivity index (χ3v) is 5.27. The van der Waals surface area contributed by atoms with Gasteiger partial charge in [-0.05, 0) is 30.7 Å². The van der Waals surface area contributed by atoms with E-state index in [0.717, 1.165) is 26.2 Å². The lowest BCUT2D eigenvalue weighted by atomic mass is 10.1. The van der Waals surface area contributed by atoms with Gasteiger partial charge in [0.15, 0.2) is 5.82 Å². The summed E-state index contributed by atoms with van der Waals surface area (Å²) in [5.74, 6) is 0.121. The number of carboxylic acid groups (broad SMARTS) is 1. The van der Waals surface area contributed by atoms with E-state index in [2.05, 4.69) is 20.3 Å². The van der Waals surface area contributed by atoms with Gasteiger partial charge in [0.05, 0.1) is 5.39 Å². The first-order valence-corrected chi connectivity index (χ1v) is 9.63. The van der Waals surface area contributed by atoms with E-state index >= 15 is 0 Å². The summed E-state index contributed by atoms with van der Waals surface area (Å²) in [6.45, 7) is 2.00. The Morgan fingerprint density at radius 2 is 2.00 bits per heavy atom. The molecule has 2 N–H and O–H groups in total. The van der Waals surface area contributed by atoms with E-state index in [1.54, 1.807) is 23.7 Å². The minimum absolute atomic E-state index is 0.354. The molecule has 140 valence electrons. The van der Waals surface area contributed by atoms with Crippen molar-refractivity contribution in [1.29, 1.82) is 0 Å². The highest BCUT2D eigenvalue weighted by molar-refractivity contribution is 7.18. The van der Waals surface area contributed by atoms with Crippen LogP contribution in [0.3, 0.4) is 0 Å². The lowest BCUT2D eigenvalue weighted by Gasteiger charge is -2.16. The first kappa shape index (κ1) is 18.1. The Morgan fingerprint density at radius 3 is 2.71 bits per heavy atom. The first-order chi connectivity index (χ1) is 13.6. The fraction of sp³-hybridized carbons (Fsp3) is 0.143. The molecule has 1 unspecified atom stereocenters. The second-order valence-corrected chi connectivity index (χ2v) is 7.67. The minimum Gasteiger partial charge on any atom is -0.480 e. The van der Waals surface area contributed by atoms with Gasteiger partial charge in [0.1, 0.15) is 16.7 Å². The molecule has 3 heterocycles. The molecule has 0 aliphatic rings. The smallest absolute Gasteiger partial charge is 0.326 e. The number of carbonyl (C=O) groups is 1. The normalized spacial score (nSPS) is 12.0. The highest BCUT2D eigenvalue weighted by atomic mass is 32.1. The van der Waals surface area contributed by atoms with Gasteiger partial charge in [0.25, 0.3) is 0 Å². The summed E-state index contributed by atoms with van der Waals surface area (Å²) in [5.41, 5.74) is 1.73. The average molecular weight is 390 g/mol. The number of hydrogen-bond acceptors (Lipinski definition) is 6. The van der Waals surface area contributed by atoms with Crippen molar-refractivity contribution < 1.29 is 9.90 Å². The van der Waals surface area contributed by atoms with Crippen LogP contribution < -0.4 is 5.32 Å². The standard InChI is InChI=1S/C21H18N4O2S/c1-13-10-16-19(23-17(21(26)27)11-14-6-3-2-4-7-14)24-18(25-20(16)28-13)15-8-5-9-22-12-15/h2-10,12,17H,11H2,1H3,(H,26,27)(H,23,24,25). The predicted molar refractivity (Wildman–Crippen MR) is 111 cm³/mol. The molecule has 6 nitrogen and oxygen atoms in total. The SMILES string of the molecule is Cc1cc2c(NC(Cc3ccccc3)C(=O)O)nc(-c3cccnc3)nc2s1. The molecule has 0 amide bonds. The van der Waals surface area contributed by atoms with Crippen LogP contribution in [0.1, 0.15) is 10.4 Å². The van der Waals surface area contributed by atoms with Crippen LogP contribution in [-0.4, -0.2) is 32.1 Å². The Hall–Kier alpha value is -3.32. The van der Waals surface area contributed by atoms with Crippen molar-refractivity contribution >= 4 is 33.3 Å². The van der Waals surface area contributed by atoms with Crippen molar-refractivity contribution in [3.8, 4) is 11.4 Å². The van der Waals surface area contributed by atoms with E-state index < -0.39 is 12.0 Å². The topological polar surface area (TPSA) is 88.0 Å². The molecule has 0 radical (unpaired) electrons. The number of anilines is 1. The second-order valence-electron chi connectivity index (χ2n) is 6.44. The quantitative estimate of drug-likeness (QED) is 0.514. The maximum absolute atomic E-state index is 11.9.